The molecule has 0 N–H and O–H groups in total. The van der Waals surface area contributed by atoms with E-state index in [-0.39, 0.29) is 6.42 Å². The standard InChI is InChI=1S/C7H10F3O/c1-2-3-4-6(8)7(9,10)5-11/h6H,2-4H2,1H3. The Hall–Kier alpha value is -0.540. The third kappa shape index (κ3) is 3.39. The van der Waals surface area contributed by atoms with Crippen molar-refractivity contribution in [1.29, 1.82) is 0 Å². The maximum atomic E-state index is 12.4. The zero-order chi connectivity index (χ0) is 8.91. The van der Waals surface area contributed by atoms with Gasteiger partial charge in [-0.2, -0.15) is 8.78 Å². The summed E-state index contributed by atoms with van der Waals surface area (Å²) in [7, 11) is 0. The van der Waals surface area contributed by atoms with Crippen LogP contribution in [0.1, 0.15) is 26.2 Å². The quantitative estimate of drug-likeness (QED) is 0.613. The first kappa shape index (κ1) is 10.5. The van der Waals surface area contributed by atoms with E-state index in [2.05, 4.69) is 0 Å². The summed E-state index contributed by atoms with van der Waals surface area (Å²) >= 11 is 0. The summed E-state index contributed by atoms with van der Waals surface area (Å²) in [6.07, 6.45) is -1.27. The molecule has 0 aliphatic heterocycles. The summed E-state index contributed by atoms with van der Waals surface area (Å²) in [6.45, 7) is 1.76. The molecule has 0 aliphatic rings. The molecule has 0 aromatic rings. The minimum Gasteiger partial charge on any atom is -0.284 e. The topological polar surface area (TPSA) is 17.1 Å². The van der Waals surface area contributed by atoms with Crippen molar-refractivity contribution in [3.05, 3.63) is 0 Å². The highest BCUT2D eigenvalue weighted by molar-refractivity contribution is 5.61. The Kier molecular flexibility index (Phi) is 4.15. The van der Waals surface area contributed by atoms with Crippen molar-refractivity contribution in [2.75, 3.05) is 0 Å². The van der Waals surface area contributed by atoms with Crippen molar-refractivity contribution >= 4 is 6.29 Å². The molecule has 1 unspecified atom stereocenters. The number of carbonyl (C=O) groups excluding carboxylic acids is 1. The fourth-order valence-electron chi connectivity index (χ4n) is 0.629. The molecule has 0 saturated carbocycles. The summed E-state index contributed by atoms with van der Waals surface area (Å²) in [4.78, 5) is 9.52. The number of hydrogen-bond donors (Lipinski definition) is 0. The van der Waals surface area contributed by atoms with Gasteiger partial charge in [-0.25, -0.2) is 4.39 Å². The van der Waals surface area contributed by atoms with Gasteiger partial charge in [-0.05, 0) is 6.42 Å². The molecular formula is C7H10F3O. The molecule has 0 aromatic carbocycles. The maximum absolute atomic E-state index is 12.4. The molecule has 0 rings (SSSR count). The summed E-state index contributed by atoms with van der Waals surface area (Å²) in [6, 6.07) is 0. The van der Waals surface area contributed by atoms with Crippen molar-refractivity contribution < 1.29 is 18.0 Å². The Balaban J connectivity index is 3.80. The van der Waals surface area contributed by atoms with E-state index in [4.69, 9.17) is 0 Å². The van der Waals surface area contributed by atoms with Crippen LogP contribution in [0.2, 0.25) is 0 Å². The second kappa shape index (κ2) is 4.36. The lowest BCUT2D eigenvalue weighted by atomic mass is 10.1. The fraction of sp³-hybridized carbons (Fsp3) is 0.857. The summed E-state index contributed by atoms with van der Waals surface area (Å²) in [5.41, 5.74) is 0. The van der Waals surface area contributed by atoms with Crippen LogP contribution in [0.5, 0.6) is 0 Å². The van der Waals surface area contributed by atoms with Gasteiger partial charge in [-0.1, -0.05) is 19.8 Å². The van der Waals surface area contributed by atoms with Crippen LogP contribution in [0.4, 0.5) is 13.2 Å². The molecule has 1 atom stereocenters. The first-order chi connectivity index (χ1) is 5.04. The molecule has 11 heavy (non-hydrogen) atoms. The van der Waals surface area contributed by atoms with Gasteiger partial charge in [0.25, 0.3) is 6.29 Å². The molecule has 0 bridgehead atoms. The minimum atomic E-state index is -3.92. The van der Waals surface area contributed by atoms with Gasteiger partial charge < -0.3 is 0 Å². The Morgan fingerprint density at radius 2 is 2.09 bits per heavy atom. The van der Waals surface area contributed by atoms with E-state index in [9.17, 15) is 18.0 Å². The van der Waals surface area contributed by atoms with Crippen LogP contribution in [-0.2, 0) is 4.79 Å². The van der Waals surface area contributed by atoms with Crippen LogP contribution in [-0.4, -0.2) is 18.4 Å². The van der Waals surface area contributed by atoms with E-state index in [1.54, 1.807) is 6.92 Å². The average Bonchev–Trinajstić information content (AvgIpc) is 2.00. The molecule has 0 spiro atoms. The average molecular weight is 167 g/mol. The van der Waals surface area contributed by atoms with Gasteiger partial charge in [0, 0.05) is 0 Å². The molecule has 0 amide bonds. The van der Waals surface area contributed by atoms with Gasteiger partial charge in [0.2, 0.25) is 0 Å². The van der Waals surface area contributed by atoms with E-state index in [0.29, 0.717) is 19.1 Å². The molecular weight excluding hydrogens is 157 g/mol. The largest absolute Gasteiger partial charge is 0.343 e. The molecule has 0 fully saturated rings. The molecule has 0 aromatic heterocycles. The highest BCUT2D eigenvalue weighted by Crippen LogP contribution is 2.22. The predicted octanol–water partition coefficient (Wildman–Crippen LogP) is 2.26. The predicted molar refractivity (Wildman–Crippen MR) is 35.1 cm³/mol. The van der Waals surface area contributed by atoms with Crippen molar-refractivity contribution in [3.8, 4) is 0 Å². The van der Waals surface area contributed by atoms with Crippen LogP contribution in [0.3, 0.4) is 0 Å². The van der Waals surface area contributed by atoms with Gasteiger partial charge in [-0.15, -0.1) is 0 Å². The van der Waals surface area contributed by atoms with E-state index in [0.717, 1.165) is 0 Å². The number of hydrogen-bond acceptors (Lipinski definition) is 1. The van der Waals surface area contributed by atoms with Crippen molar-refractivity contribution in [2.45, 2.75) is 38.3 Å². The fourth-order valence-corrected chi connectivity index (χ4v) is 0.629. The SMILES string of the molecule is CCCCC(F)C(F)(F)[C]=O. The van der Waals surface area contributed by atoms with Crippen LogP contribution in [0.25, 0.3) is 0 Å². The number of rotatable bonds is 5. The van der Waals surface area contributed by atoms with Crippen molar-refractivity contribution in [3.63, 3.8) is 0 Å². The second-order valence-corrected chi connectivity index (χ2v) is 2.33. The Morgan fingerprint density at radius 3 is 2.45 bits per heavy atom. The van der Waals surface area contributed by atoms with Crippen molar-refractivity contribution in [2.24, 2.45) is 0 Å². The van der Waals surface area contributed by atoms with E-state index in [1.165, 1.54) is 0 Å². The normalized spacial score (nSPS) is 14.5. The highest BCUT2D eigenvalue weighted by Gasteiger charge is 2.40. The van der Waals surface area contributed by atoms with E-state index >= 15 is 0 Å². The second-order valence-electron chi connectivity index (χ2n) is 2.33. The van der Waals surface area contributed by atoms with Crippen LogP contribution >= 0.6 is 0 Å². The van der Waals surface area contributed by atoms with E-state index < -0.39 is 12.1 Å². The summed E-state index contributed by atoms with van der Waals surface area (Å²) in [5.74, 6) is -3.92. The van der Waals surface area contributed by atoms with Gasteiger partial charge in [0.05, 0.1) is 0 Å². The Labute approximate surface area is 63.6 Å². The minimum absolute atomic E-state index is 0.279. The highest BCUT2D eigenvalue weighted by atomic mass is 19.3. The van der Waals surface area contributed by atoms with E-state index in [1.807, 2.05) is 0 Å². The molecule has 1 radical (unpaired) electrons. The molecule has 0 aliphatic carbocycles. The third-order valence-corrected chi connectivity index (χ3v) is 1.34. The lowest BCUT2D eigenvalue weighted by Gasteiger charge is -2.12. The van der Waals surface area contributed by atoms with Crippen LogP contribution in [0.15, 0.2) is 0 Å². The van der Waals surface area contributed by atoms with Gasteiger partial charge in [0.1, 0.15) is 0 Å². The molecule has 4 heteroatoms. The van der Waals surface area contributed by atoms with Gasteiger partial charge >= 0.3 is 5.92 Å². The van der Waals surface area contributed by atoms with Gasteiger partial charge in [0.15, 0.2) is 6.17 Å². The van der Waals surface area contributed by atoms with Crippen molar-refractivity contribution in [1.82, 2.24) is 0 Å². The Morgan fingerprint density at radius 1 is 1.55 bits per heavy atom. The van der Waals surface area contributed by atoms with Crippen LogP contribution in [0, 0.1) is 0 Å². The molecule has 65 valence electrons. The lowest BCUT2D eigenvalue weighted by molar-refractivity contribution is -0.0142. The Bertz CT molecular complexity index is 125. The lowest BCUT2D eigenvalue weighted by Crippen LogP contribution is -2.31. The molecule has 1 nitrogen and oxygen atoms in total. The molecule has 0 saturated heterocycles. The summed E-state index contributed by atoms with van der Waals surface area (Å²) in [5, 5.41) is 0. The van der Waals surface area contributed by atoms with Crippen LogP contribution < -0.4 is 0 Å². The number of unbranched alkanes of at least 4 members (excludes halogenated alkanes) is 1. The first-order valence-corrected chi connectivity index (χ1v) is 3.45. The molecule has 0 heterocycles. The smallest absolute Gasteiger partial charge is 0.284 e. The monoisotopic (exact) mass is 167 g/mol. The third-order valence-electron chi connectivity index (χ3n) is 1.34. The first-order valence-electron chi connectivity index (χ1n) is 3.45. The number of alkyl halides is 3. The zero-order valence-corrected chi connectivity index (χ0v) is 6.24. The number of halogens is 3. The zero-order valence-electron chi connectivity index (χ0n) is 6.24. The summed E-state index contributed by atoms with van der Waals surface area (Å²) < 4.78 is 36.5. The maximum Gasteiger partial charge on any atom is 0.343 e. The van der Waals surface area contributed by atoms with Gasteiger partial charge in [-0.3, -0.25) is 4.79 Å².